The zero-order valence-electron chi connectivity index (χ0n) is 9.96. The molecule has 0 saturated carbocycles. The lowest BCUT2D eigenvalue weighted by Gasteiger charge is -2.29. The molecular weight excluding hydrogens is 212 g/mol. The fraction of sp³-hybridized carbons (Fsp3) is 0.545. The molecule has 2 N–H and O–H groups in total. The molecule has 0 aliphatic carbocycles. The first-order valence-corrected chi connectivity index (χ1v) is 5.19. The van der Waals surface area contributed by atoms with Gasteiger partial charge >= 0.3 is 0 Å². The van der Waals surface area contributed by atoms with Crippen molar-refractivity contribution in [1.82, 2.24) is 4.98 Å². The molecule has 1 atom stereocenters. The largest absolute Gasteiger partial charge is 0.381 e. The molecule has 1 aromatic heterocycles. The van der Waals surface area contributed by atoms with Crippen LogP contribution in [0.1, 0.15) is 20.8 Å². The lowest BCUT2D eigenvalue weighted by molar-refractivity contribution is 0.490. The molecule has 1 heterocycles. The summed E-state index contributed by atoms with van der Waals surface area (Å²) < 4.78 is 26.4. The van der Waals surface area contributed by atoms with Crippen molar-refractivity contribution in [2.45, 2.75) is 26.8 Å². The summed E-state index contributed by atoms with van der Waals surface area (Å²) in [6.45, 7) is 5.99. The van der Waals surface area contributed by atoms with Gasteiger partial charge in [-0.3, -0.25) is 0 Å². The summed E-state index contributed by atoms with van der Waals surface area (Å²) in [5, 5.41) is 0. The topological polar surface area (TPSA) is 42.2 Å². The fourth-order valence-electron chi connectivity index (χ4n) is 1.36. The second kappa shape index (κ2) is 4.63. The summed E-state index contributed by atoms with van der Waals surface area (Å²) in [6.07, 6.45) is 0. The fourth-order valence-corrected chi connectivity index (χ4v) is 1.36. The smallest absolute Gasteiger partial charge is 0.168 e. The number of halogens is 2. The van der Waals surface area contributed by atoms with Gasteiger partial charge in [0.1, 0.15) is 0 Å². The van der Waals surface area contributed by atoms with E-state index in [1.807, 2.05) is 20.8 Å². The average Bonchev–Trinajstić information content (AvgIpc) is 2.21. The molecule has 0 radical (unpaired) electrons. The third-order valence-corrected chi connectivity index (χ3v) is 2.85. The number of anilines is 2. The van der Waals surface area contributed by atoms with E-state index in [2.05, 4.69) is 4.98 Å². The maximum absolute atomic E-state index is 13.5. The monoisotopic (exact) mass is 229 g/mol. The van der Waals surface area contributed by atoms with Gasteiger partial charge in [0.05, 0.1) is 0 Å². The first-order valence-electron chi connectivity index (χ1n) is 5.19. The molecule has 0 bridgehead atoms. The highest BCUT2D eigenvalue weighted by Gasteiger charge is 2.19. The highest BCUT2D eigenvalue weighted by molar-refractivity contribution is 5.47. The predicted octanol–water partition coefficient (Wildman–Crippen LogP) is 2.42. The van der Waals surface area contributed by atoms with Crippen molar-refractivity contribution in [2.75, 3.05) is 17.7 Å². The van der Waals surface area contributed by atoms with Gasteiger partial charge in [-0.25, -0.2) is 13.8 Å². The Morgan fingerprint density at radius 1 is 1.25 bits per heavy atom. The molecule has 90 valence electrons. The Morgan fingerprint density at radius 3 is 2.31 bits per heavy atom. The molecule has 1 unspecified atom stereocenters. The third kappa shape index (κ3) is 2.40. The SMILES string of the molecule is CC(C)C(C)N(C)c1nc(N)c(F)cc1F. The van der Waals surface area contributed by atoms with Crippen LogP contribution in [0.15, 0.2) is 6.07 Å². The Bertz CT molecular complexity index is 380. The molecule has 16 heavy (non-hydrogen) atoms. The maximum Gasteiger partial charge on any atom is 0.168 e. The van der Waals surface area contributed by atoms with Crippen molar-refractivity contribution in [3.05, 3.63) is 17.7 Å². The number of hydrogen-bond acceptors (Lipinski definition) is 3. The number of nitrogens with zero attached hydrogens (tertiary/aromatic N) is 2. The number of nitrogen functional groups attached to an aromatic ring is 1. The van der Waals surface area contributed by atoms with Crippen molar-refractivity contribution in [2.24, 2.45) is 5.92 Å². The second-order valence-corrected chi connectivity index (χ2v) is 4.26. The minimum atomic E-state index is -0.827. The van der Waals surface area contributed by atoms with Crippen LogP contribution in [0.3, 0.4) is 0 Å². The van der Waals surface area contributed by atoms with Crippen LogP contribution in [0.2, 0.25) is 0 Å². The molecule has 0 spiro atoms. The first kappa shape index (κ1) is 12.7. The van der Waals surface area contributed by atoms with Crippen LogP contribution in [0, 0.1) is 17.6 Å². The third-order valence-electron chi connectivity index (χ3n) is 2.85. The first-order chi connectivity index (χ1) is 7.34. The van der Waals surface area contributed by atoms with Gasteiger partial charge in [-0.2, -0.15) is 0 Å². The molecule has 0 aliphatic heterocycles. The molecule has 3 nitrogen and oxygen atoms in total. The van der Waals surface area contributed by atoms with Gasteiger partial charge in [0, 0.05) is 19.2 Å². The number of hydrogen-bond donors (Lipinski definition) is 1. The van der Waals surface area contributed by atoms with E-state index < -0.39 is 11.6 Å². The summed E-state index contributed by atoms with van der Waals surface area (Å²) in [6, 6.07) is 0.855. The molecule has 5 heteroatoms. The van der Waals surface area contributed by atoms with Crippen LogP contribution >= 0.6 is 0 Å². The van der Waals surface area contributed by atoms with Crippen LogP contribution in [0.25, 0.3) is 0 Å². The van der Waals surface area contributed by atoms with E-state index in [1.54, 1.807) is 11.9 Å². The van der Waals surface area contributed by atoms with Crippen LogP contribution in [0.5, 0.6) is 0 Å². The van der Waals surface area contributed by atoms with Crippen molar-refractivity contribution in [3.8, 4) is 0 Å². The van der Waals surface area contributed by atoms with Crippen LogP contribution in [-0.4, -0.2) is 18.1 Å². The number of rotatable bonds is 3. The molecule has 0 aliphatic rings. The van der Waals surface area contributed by atoms with Crippen molar-refractivity contribution >= 4 is 11.6 Å². The second-order valence-electron chi connectivity index (χ2n) is 4.26. The van der Waals surface area contributed by atoms with E-state index in [1.165, 1.54) is 0 Å². The minimum Gasteiger partial charge on any atom is -0.381 e. The maximum atomic E-state index is 13.5. The highest BCUT2D eigenvalue weighted by Crippen LogP contribution is 2.23. The number of aromatic nitrogens is 1. The standard InChI is InChI=1S/C11H17F2N3/c1-6(2)7(3)16(4)11-9(13)5-8(12)10(14)15-11/h5-7H,1-4H3,(H2,14,15). The molecule has 0 aromatic carbocycles. The van der Waals surface area contributed by atoms with Crippen LogP contribution in [0.4, 0.5) is 20.4 Å². The van der Waals surface area contributed by atoms with E-state index in [-0.39, 0.29) is 17.7 Å². The van der Waals surface area contributed by atoms with Crippen molar-refractivity contribution in [3.63, 3.8) is 0 Å². The van der Waals surface area contributed by atoms with Crippen LogP contribution < -0.4 is 10.6 Å². The molecular formula is C11H17F2N3. The van der Waals surface area contributed by atoms with Gasteiger partial charge < -0.3 is 10.6 Å². The Morgan fingerprint density at radius 2 is 1.81 bits per heavy atom. The lowest BCUT2D eigenvalue weighted by Crippen LogP contribution is -2.34. The molecule has 0 saturated heterocycles. The lowest BCUT2D eigenvalue weighted by atomic mass is 10.1. The number of pyridine rings is 1. The minimum absolute atomic E-state index is 0.0834. The van der Waals surface area contributed by atoms with Crippen molar-refractivity contribution in [1.29, 1.82) is 0 Å². The average molecular weight is 229 g/mol. The predicted molar refractivity (Wildman–Crippen MR) is 61.3 cm³/mol. The molecule has 0 fully saturated rings. The summed E-state index contributed by atoms with van der Waals surface area (Å²) in [4.78, 5) is 5.39. The van der Waals surface area contributed by atoms with E-state index in [0.717, 1.165) is 6.07 Å². The zero-order chi connectivity index (χ0) is 12.5. The van der Waals surface area contributed by atoms with E-state index >= 15 is 0 Å². The van der Waals surface area contributed by atoms with Gasteiger partial charge in [-0.05, 0) is 12.8 Å². The van der Waals surface area contributed by atoms with Gasteiger partial charge in [0.25, 0.3) is 0 Å². The Kier molecular flexibility index (Phi) is 3.67. The summed E-state index contributed by atoms with van der Waals surface area (Å²) in [5.74, 6) is -1.38. The normalized spacial score (nSPS) is 12.9. The Labute approximate surface area is 94.3 Å². The Balaban J connectivity index is 3.08. The molecule has 1 aromatic rings. The highest BCUT2D eigenvalue weighted by atomic mass is 19.1. The number of nitrogens with two attached hydrogens (primary N) is 1. The van der Waals surface area contributed by atoms with E-state index in [4.69, 9.17) is 5.73 Å². The van der Waals surface area contributed by atoms with E-state index in [9.17, 15) is 8.78 Å². The summed E-state index contributed by atoms with van der Waals surface area (Å²) in [7, 11) is 1.72. The van der Waals surface area contributed by atoms with Gasteiger partial charge in [0.2, 0.25) is 0 Å². The van der Waals surface area contributed by atoms with Gasteiger partial charge in [-0.1, -0.05) is 13.8 Å². The zero-order valence-corrected chi connectivity index (χ0v) is 9.96. The molecule has 0 amide bonds. The van der Waals surface area contributed by atoms with E-state index in [0.29, 0.717) is 5.92 Å². The quantitative estimate of drug-likeness (QED) is 0.865. The summed E-state index contributed by atoms with van der Waals surface area (Å²) >= 11 is 0. The Hall–Kier alpha value is -1.39. The van der Waals surface area contributed by atoms with Crippen LogP contribution in [-0.2, 0) is 0 Å². The van der Waals surface area contributed by atoms with Gasteiger partial charge in [-0.15, -0.1) is 0 Å². The summed E-state index contributed by atoms with van der Waals surface area (Å²) in [5.41, 5.74) is 5.32. The van der Waals surface area contributed by atoms with Gasteiger partial charge in [0.15, 0.2) is 23.3 Å². The molecule has 1 rings (SSSR count). The van der Waals surface area contributed by atoms with Crippen molar-refractivity contribution < 1.29 is 8.78 Å².